The summed E-state index contributed by atoms with van der Waals surface area (Å²) < 4.78 is 2.02. The minimum Gasteiger partial charge on any atom is -0.399 e. The second-order valence-electron chi connectivity index (χ2n) is 7.08. The van der Waals surface area contributed by atoms with Gasteiger partial charge >= 0.3 is 0 Å². The van der Waals surface area contributed by atoms with Gasteiger partial charge in [-0.1, -0.05) is 24.3 Å². The Kier molecular flexibility index (Phi) is 4.65. The van der Waals surface area contributed by atoms with Crippen molar-refractivity contribution >= 4 is 40.4 Å². The van der Waals surface area contributed by atoms with E-state index in [-0.39, 0.29) is 11.7 Å². The molecular formula is C23H22N3O2+. The number of pyridine rings is 1. The highest BCUT2D eigenvalue weighted by Gasteiger charge is 2.32. The Bertz CT molecular complexity index is 1100. The van der Waals surface area contributed by atoms with E-state index in [9.17, 15) is 9.59 Å². The number of nitrogens with zero attached hydrogens (tertiary/aromatic N) is 1. The van der Waals surface area contributed by atoms with Gasteiger partial charge in [-0.15, -0.1) is 0 Å². The fraction of sp³-hybridized carbons (Fsp3) is 0.174. The van der Waals surface area contributed by atoms with Gasteiger partial charge in [0.05, 0.1) is 11.6 Å². The van der Waals surface area contributed by atoms with E-state index in [1.165, 1.54) is 0 Å². The summed E-state index contributed by atoms with van der Waals surface area (Å²) in [5, 5.41) is 3.78. The first-order valence-corrected chi connectivity index (χ1v) is 9.32. The van der Waals surface area contributed by atoms with Crippen molar-refractivity contribution < 1.29 is 14.2 Å². The van der Waals surface area contributed by atoms with Crippen LogP contribution in [0.5, 0.6) is 0 Å². The number of carbonyl (C=O) groups excluding carboxylic acids is 2. The quantitative estimate of drug-likeness (QED) is 0.420. The van der Waals surface area contributed by atoms with Gasteiger partial charge in [0.25, 0.3) is 0 Å². The Labute approximate surface area is 163 Å². The molecule has 0 bridgehead atoms. The van der Waals surface area contributed by atoms with E-state index in [1.807, 2.05) is 78.4 Å². The van der Waals surface area contributed by atoms with Crippen LogP contribution in [0, 0.1) is 0 Å². The minimum atomic E-state index is -0.461. The van der Waals surface area contributed by atoms with Crippen LogP contribution >= 0.6 is 0 Å². The second kappa shape index (κ2) is 7.27. The number of anilines is 1. The first kappa shape index (κ1) is 17.9. The topological polar surface area (TPSA) is 76.1 Å². The third kappa shape index (κ3) is 3.39. The first-order valence-electron chi connectivity index (χ1n) is 9.32. The van der Waals surface area contributed by atoms with Crippen LogP contribution in [0.3, 0.4) is 0 Å². The van der Waals surface area contributed by atoms with E-state index < -0.39 is 6.04 Å². The van der Waals surface area contributed by atoms with Crippen LogP contribution in [0.15, 0.2) is 54.6 Å². The molecule has 0 unspecified atom stereocenters. The number of nitrogens with one attached hydrogen (secondary N) is 1. The third-order valence-electron chi connectivity index (χ3n) is 5.18. The van der Waals surface area contributed by atoms with Gasteiger partial charge in [-0.25, -0.2) is 0 Å². The molecule has 0 saturated carbocycles. The lowest BCUT2D eigenvalue weighted by Crippen LogP contribution is -2.39. The smallest absolute Gasteiger partial charge is 0.220 e. The zero-order chi connectivity index (χ0) is 19.7. The van der Waals surface area contributed by atoms with Crippen LogP contribution in [0.25, 0.3) is 23.1 Å². The van der Waals surface area contributed by atoms with Crippen LogP contribution in [0.1, 0.15) is 34.5 Å². The lowest BCUT2D eigenvalue weighted by atomic mass is 9.98. The zero-order valence-corrected chi connectivity index (χ0v) is 15.7. The number of ketones is 1. The number of benzene rings is 2. The molecule has 3 aromatic rings. The van der Waals surface area contributed by atoms with Crippen molar-refractivity contribution in [2.75, 3.05) is 5.73 Å². The monoisotopic (exact) mass is 372 g/mol. The summed E-state index contributed by atoms with van der Waals surface area (Å²) in [6.07, 6.45) is 4.84. The normalized spacial score (nSPS) is 16.6. The van der Waals surface area contributed by atoms with E-state index in [2.05, 4.69) is 5.32 Å². The summed E-state index contributed by atoms with van der Waals surface area (Å²) in [5.41, 5.74) is 9.91. The van der Waals surface area contributed by atoms with Gasteiger partial charge in [0.2, 0.25) is 17.1 Å². The molecule has 1 fully saturated rings. The predicted molar refractivity (Wildman–Crippen MR) is 110 cm³/mol. The van der Waals surface area contributed by atoms with Gasteiger partial charge in [-0.05, 0) is 42.3 Å². The lowest BCUT2D eigenvalue weighted by molar-refractivity contribution is -0.646. The Morgan fingerprint density at radius 2 is 1.89 bits per heavy atom. The number of hydrogen-bond donors (Lipinski definition) is 2. The largest absolute Gasteiger partial charge is 0.399 e. The summed E-state index contributed by atoms with van der Waals surface area (Å²) in [5.74, 6) is -0.119. The highest BCUT2D eigenvalue weighted by Crippen LogP contribution is 2.21. The number of amides is 1. The number of Topliss-reactive ketones (excluding diaryl/α,β-unsaturated/α-hetero) is 1. The van der Waals surface area contributed by atoms with Gasteiger partial charge < -0.3 is 11.1 Å². The second-order valence-corrected chi connectivity index (χ2v) is 7.08. The Morgan fingerprint density at radius 1 is 1.14 bits per heavy atom. The molecule has 28 heavy (non-hydrogen) atoms. The first-order chi connectivity index (χ1) is 13.5. The molecule has 4 rings (SSSR count). The van der Waals surface area contributed by atoms with Crippen molar-refractivity contribution in [3.05, 3.63) is 71.4 Å². The van der Waals surface area contributed by atoms with Crippen LogP contribution in [0.4, 0.5) is 5.69 Å². The highest BCUT2D eigenvalue weighted by atomic mass is 16.2. The zero-order valence-electron chi connectivity index (χ0n) is 15.7. The van der Waals surface area contributed by atoms with Crippen molar-refractivity contribution in [1.29, 1.82) is 0 Å². The average Bonchev–Trinajstić information content (AvgIpc) is 3.14. The molecule has 1 aliphatic heterocycles. The number of hydrogen-bond acceptors (Lipinski definition) is 3. The van der Waals surface area contributed by atoms with Crippen LogP contribution in [-0.2, 0) is 11.8 Å². The van der Waals surface area contributed by atoms with Crippen LogP contribution < -0.4 is 15.6 Å². The number of nitrogens with two attached hydrogens (primary N) is 1. The molecule has 1 amide bonds. The molecule has 0 spiro atoms. The highest BCUT2D eigenvalue weighted by molar-refractivity contribution is 6.06. The van der Waals surface area contributed by atoms with Gasteiger partial charge in [-0.3, -0.25) is 9.59 Å². The lowest BCUT2D eigenvalue weighted by Gasteiger charge is -2.11. The Balaban J connectivity index is 1.82. The van der Waals surface area contributed by atoms with Crippen molar-refractivity contribution in [2.45, 2.75) is 18.9 Å². The number of aromatic nitrogens is 1. The summed E-state index contributed by atoms with van der Waals surface area (Å²) in [6, 6.07) is 17.0. The number of fused-ring (bicyclic) bond motifs is 1. The molecule has 1 aromatic heterocycles. The van der Waals surface area contributed by atoms with Crippen molar-refractivity contribution in [3.8, 4) is 0 Å². The summed E-state index contributed by atoms with van der Waals surface area (Å²) in [7, 11) is 1.95. The van der Waals surface area contributed by atoms with E-state index in [0.29, 0.717) is 24.1 Å². The third-order valence-corrected chi connectivity index (χ3v) is 5.18. The summed E-state index contributed by atoms with van der Waals surface area (Å²) in [4.78, 5) is 24.8. The van der Waals surface area contributed by atoms with E-state index in [1.54, 1.807) is 0 Å². The predicted octanol–water partition coefficient (Wildman–Crippen LogP) is 2.88. The van der Waals surface area contributed by atoms with Gasteiger partial charge in [-0.2, -0.15) is 4.57 Å². The van der Waals surface area contributed by atoms with Crippen molar-refractivity contribution in [3.63, 3.8) is 0 Å². The van der Waals surface area contributed by atoms with E-state index >= 15 is 0 Å². The number of rotatable bonds is 4. The molecule has 1 saturated heterocycles. The molecule has 2 heterocycles. The van der Waals surface area contributed by atoms with Crippen LogP contribution in [-0.4, -0.2) is 17.7 Å². The Morgan fingerprint density at radius 3 is 2.61 bits per heavy atom. The van der Waals surface area contributed by atoms with E-state index in [0.717, 1.165) is 22.2 Å². The molecule has 0 aliphatic carbocycles. The number of para-hydroxylation sites is 1. The standard InChI is InChI=1S/C23H21N3O2/c1-26-20-5-3-2-4-16(20)14-18(23(28)19-11-13-22(27)25-19)21(26)12-8-15-6-9-17(24)10-7-15/h2-10,12,14,19,24H,11,13H2,1H3,(H,25,27)/p+1/t19-/m0/s1. The van der Waals surface area contributed by atoms with E-state index in [4.69, 9.17) is 5.73 Å². The minimum absolute atomic E-state index is 0.0517. The molecule has 0 radical (unpaired) electrons. The Hall–Kier alpha value is -3.47. The molecule has 3 N–H and O–H groups in total. The molecule has 1 aliphatic rings. The number of aryl methyl sites for hydroxylation is 1. The SMILES string of the molecule is C[n+]1c(C=Cc2ccc(N)cc2)c(C(=O)[C@@H]2CCC(=O)N2)cc2ccccc21. The number of carbonyl (C=O) groups is 2. The molecule has 5 nitrogen and oxygen atoms in total. The maximum atomic E-state index is 13.2. The van der Waals surface area contributed by atoms with Crippen molar-refractivity contribution in [1.82, 2.24) is 5.32 Å². The summed E-state index contributed by atoms with van der Waals surface area (Å²) in [6.45, 7) is 0. The fourth-order valence-corrected chi connectivity index (χ4v) is 3.63. The van der Waals surface area contributed by atoms with Gasteiger partial charge in [0, 0.05) is 29.6 Å². The molecule has 2 aromatic carbocycles. The summed E-state index contributed by atoms with van der Waals surface area (Å²) >= 11 is 0. The maximum Gasteiger partial charge on any atom is 0.220 e. The van der Waals surface area contributed by atoms with Gasteiger partial charge in [0.1, 0.15) is 7.05 Å². The average molecular weight is 372 g/mol. The fourth-order valence-electron chi connectivity index (χ4n) is 3.63. The maximum absolute atomic E-state index is 13.2. The molecule has 5 heteroatoms. The molecular weight excluding hydrogens is 350 g/mol. The van der Waals surface area contributed by atoms with Crippen molar-refractivity contribution in [2.24, 2.45) is 7.05 Å². The molecule has 1 atom stereocenters. The number of nitrogen functional groups attached to an aromatic ring is 1. The molecule has 140 valence electrons. The van der Waals surface area contributed by atoms with Gasteiger partial charge in [0.15, 0.2) is 5.78 Å². The van der Waals surface area contributed by atoms with Crippen LogP contribution in [0.2, 0.25) is 0 Å².